The van der Waals surface area contributed by atoms with E-state index in [9.17, 15) is 8.42 Å². The van der Waals surface area contributed by atoms with Crippen molar-refractivity contribution in [3.63, 3.8) is 0 Å². The molecule has 0 bridgehead atoms. The van der Waals surface area contributed by atoms with E-state index in [-0.39, 0.29) is 17.5 Å². The van der Waals surface area contributed by atoms with Crippen molar-refractivity contribution >= 4 is 15.8 Å². The zero-order valence-electron chi connectivity index (χ0n) is 13.0. The average Bonchev–Trinajstić information content (AvgIpc) is 3.13. The summed E-state index contributed by atoms with van der Waals surface area (Å²) in [6, 6.07) is -0.0141. The highest BCUT2D eigenvalue weighted by Crippen LogP contribution is 2.48. The molecular weight excluding hydrogens is 290 g/mol. The summed E-state index contributed by atoms with van der Waals surface area (Å²) in [4.78, 5) is 4.19. The van der Waals surface area contributed by atoms with E-state index in [1.807, 2.05) is 6.92 Å². The van der Waals surface area contributed by atoms with Crippen LogP contribution in [-0.4, -0.2) is 58.7 Å². The van der Waals surface area contributed by atoms with E-state index >= 15 is 0 Å². The average molecular weight is 317 g/mol. The van der Waals surface area contributed by atoms with E-state index in [0.29, 0.717) is 17.8 Å². The molecule has 2 fully saturated rings. The van der Waals surface area contributed by atoms with Crippen LogP contribution in [0.2, 0.25) is 0 Å². The fraction of sp³-hybridized carbons (Fsp3) is 0.929. The Balaban J connectivity index is 1.73. The Labute approximate surface area is 127 Å². The van der Waals surface area contributed by atoms with Gasteiger partial charge in [-0.05, 0) is 38.0 Å². The van der Waals surface area contributed by atoms with Gasteiger partial charge in [-0.1, -0.05) is 0 Å². The maximum Gasteiger partial charge on any atom is 0.191 e. The first kappa shape index (κ1) is 16.5. The predicted molar refractivity (Wildman–Crippen MR) is 84.3 cm³/mol. The van der Waals surface area contributed by atoms with E-state index < -0.39 is 9.84 Å². The van der Waals surface area contributed by atoms with Gasteiger partial charge in [0.1, 0.15) is 0 Å². The zero-order chi connectivity index (χ0) is 15.3. The van der Waals surface area contributed by atoms with Crippen LogP contribution in [0.3, 0.4) is 0 Å². The van der Waals surface area contributed by atoms with E-state index in [0.717, 1.165) is 26.2 Å². The molecule has 0 spiro atoms. The topological polar surface area (TPSA) is 79.8 Å². The molecule has 0 aromatic heterocycles. The highest BCUT2D eigenvalue weighted by Gasteiger charge is 2.42. The molecule has 1 atom stereocenters. The molecule has 1 aliphatic heterocycles. The van der Waals surface area contributed by atoms with Gasteiger partial charge >= 0.3 is 0 Å². The normalized spacial score (nSPS) is 26.6. The number of guanidine groups is 1. The lowest BCUT2D eigenvalue weighted by molar-refractivity contribution is 0.128. The number of nitrogens with one attached hydrogen (secondary N) is 2. The van der Waals surface area contributed by atoms with Crippen LogP contribution in [0.4, 0.5) is 0 Å². The molecule has 2 rings (SSSR count). The van der Waals surface area contributed by atoms with Crippen LogP contribution < -0.4 is 10.6 Å². The molecule has 2 N–H and O–H groups in total. The molecule has 0 aromatic rings. The molecule has 1 saturated heterocycles. The quantitative estimate of drug-likeness (QED) is 0.407. The second-order valence-electron chi connectivity index (χ2n) is 6.12. The first-order valence-corrected chi connectivity index (χ1v) is 9.56. The standard InChI is InChI=1S/C14H27N3O3S/c1-3-20-8-7-14(5-6-14)11-16-13(15-2)17-12-4-9-21(18,19)10-12/h12H,3-11H2,1-2H3,(H2,15,16,17). The van der Waals surface area contributed by atoms with Gasteiger partial charge in [-0.25, -0.2) is 8.42 Å². The highest BCUT2D eigenvalue weighted by molar-refractivity contribution is 7.91. The lowest BCUT2D eigenvalue weighted by atomic mass is 10.0. The molecule has 1 aliphatic carbocycles. The van der Waals surface area contributed by atoms with Crippen molar-refractivity contribution in [2.75, 3.05) is 38.3 Å². The van der Waals surface area contributed by atoms with Gasteiger partial charge in [0.05, 0.1) is 11.5 Å². The van der Waals surface area contributed by atoms with Crippen molar-refractivity contribution in [1.82, 2.24) is 10.6 Å². The molecule has 122 valence electrons. The minimum Gasteiger partial charge on any atom is -0.382 e. The van der Waals surface area contributed by atoms with Gasteiger partial charge in [0, 0.05) is 32.8 Å². The summed E-state index contributed by atoms with van der Waals surface area (Å²) in [6.07, 6.45) is 4.19. The number of hydrogen-bond donors (Lipinski definition) is 2. The third-order valence-electron chi connectivity index (χ3n) is 4.37. The summed E-state index contributed by atoms with van der Waals surface area (Å²) in [7, 11) is -1.14. The van der Waals surface area contributed by atoms with E-state index in [1.165, 1.54) is 12.8 Å². The largest absolute Gasteiger partial charge is 0.382 e. The molecule has 2 aliphatic rings. The number of hydrogen-bond acceptors (Lipinski definition) is 4. The minimum atomic E-state index is -2.86. The second-order valence-corrected chi connectivity index (χ2v) is 8.35. The number of nitrogens with zero attached hydrogens (tertiary/aromatic N) is 1. The predicted octanol–water partition coefficient (Wildman–Crippen LogP) is 0.545. The van der Waals surface area contributed by atoms with Crippen molar-refractivity contribution in [1.29, 1.82) is 0 Å². The van der Waals surface area contributed by atoms with Crippen molar-refractivity contribution in [2.24, 2.45) is 10.4 Å². The molecular formula is C14H27N3O3S. The van der Waals surface area contributed by atoms with Gasteiger partial charge in [0.15, 0.2) is 15.8 Å². The fourth-order valence-corrected chi connectivity index (χ4v) is 4.37. The van der Waals surface area contributed by atoms with Crippen LogP contribution in [0.25, 0.3) is 0 Å². The summed E-state index contributed by atoms with van der Waals surface area (Å²) in [5, 5.41) is 6.56. The van der Waals surface area contributed by atoms with Gasteiger partial charge in [0.25, 0.3) is 0 Å². The molecule has 7 heteroatoms. The second kappa shape index (κ2) is 6.96. The fourth-order valence-electron chi connectivity index (χ4n) is 2.69. The summed E-state index contributed by atoms with van der Waals surface area (Å²) in [6.45, 7) is 4.46. The monoisotopic (exact) mass is 317 g/mol. The first-order chi connectivity index (χ1) is 9.99. The number of sulfone groups is 1. The molecule has 0 aromatic carbocycles. The molecule has 1 saturated carbocycles. The van der Waals surface area contributed by atoms with Crippen LogP contribution in [0, 0.1) is 5.41 Å². The van der Waals surface area contributed by atoms with Gasteiger partial charge in [-0.15, -0.1) is 0 Å². The Kier molecular flexibility index (Phi) is 5.48. The summed E-state index contributed by atoms with van der Waals surface area (Å²) < 4.78 is 28.4. The first-order valence-electron chi connectivity index (χ1n) is 7.74. The number of aliphatic imine (C=N–C) groups is 1. The molecule has 0 amide bonds. The van der Waals surface area contributed by atoms with Crippen molar-refractivity contribution in [3.8, 4) is 0 Å². The third kappa shape index (κ3) is 5.14. The van der Waals surface area contributed by atoms with E-state index in [4.69, 9.17) is 4.74 Å². The van der Waals surface area contributed by atoms with Gasteiger partial charge in [-0.3, -0.25) is 4.99 Å². The Bertz CT molecular complexity index is 472. The van der Waals surface area contributed by atoms with Crippen LogP contribution in [-0.2, 0) is 14.6 Å². The van der Waals surface area contributed by atoms with Crippen LogP contribution in [0.15, 0.2) is 4.99 Å². The van der Waals surface area contributed by atoms with Crippen LogP contribution >= 0.6 is 0 Å². The molecule has 1 unspecified atom stereocenters. The van der Waals surface area contributed by atoms with E-state index in [2.05, 4.69) is 15.6 Å². The molecule has 1 heterocycles. The van der Waals surface area contributed by atoms with Gasteiger partial charge in [-0.2, -0.15) is 0 Å². The van der Waals surface area contributed by atoms with Gasteiger partial charge in [0.2, 0.25) is 0 Å². The summed E-state index contributed by atoms with van der Waals surface area (Å²) in [5.74, 6) is 1.20. The number of ether oxygens (including phenoxy) is 1. The Morgan fingerprint density at radius 2 is 2.19 bits per heavy atom. The Hall–Kier alpha value is -0.820. The maximum atomic E-state index is 11.5. The van der Waals surface area contributed by atoms with Crippen molar-refractivity contribution < 1.29 is 13.2 Å². The SMILES string of the molecule is CCOCCC1(CNC(=NC)NC2CCS(=O)(=O)C2)CC1. The van der Waals surface area contributed by atoms with Gasteiger partial charge < -0.3 is 15.4 Å². The lowest BCUT2D eigenvalue weighted by Crippen LogP contribution is -2.45. The van der Waals surface area contributed by atoms with Crippen LogP contribution in [0.5, 0.6) is 0 Å². The molecule has 21 heavy (non-hydrogen) atoms. The molecule has 0 radical (unpaired) electrons. The van der Waals surface area contributed by atoms with Crippen LogP contribution in [0.1, 0.15) is 32.6 Å². The minimum absolute atomic E-state index is 0.0141. The van der Waals surface area contributed by atoms with Crippen molar-refractivity contribution in [3.05, 3.63) is 0 Å². The Morgan fingerprint density at radius 3 is 2.71 bits per heavy atom. The molecule has 6 nitrogen and oxygen atoms in total. The lowest BCUT2D eigenvalue weighted by Gasteiger charge is -2.20. The third-order valence-corrected chi connectivity index (χ3v) is 6.13. The number of rotatable bonds is 7. The zero-order valence-corrected chi connectivity index (χ0v) is 13.8. The highest BCUT2D eigenvalue weighted by atomic mass is 32.2. The Morgan fingerprint density at radius 1 is 1.43 bits per heavy atom. The maximum absolute atomic E-state index is 11.5. The van der Waals surface area contributed by atoms with Crippen molar-refractivity contribution in [2.45, 2.75) is 38.6 Å². The van der Waals surface area contributed by atoms with E-state index in [1.54, 1.807) is 7.05 Å². The summed E-state index contributed by atoms with van der Waals surface area (Å²) in [5.41, 5.74) is 0.342. The smallest absolute Gasteiger partial charge is 0.191 e. The summed E-state index contributed by atoms with van der Waals surface area (Å²) >= 11 is 0.